The predicted molar refractivity (Wildman–Crippen MR) is 92.4 cm³/mol. The van der Waals surface area contributed by atoms with Gasteiger partial charge in [-0.05, 0) is 31.0 Å². The molecule has 1 aliphatic rings. The second-order valence-corrected chi connectivity index (χ2v) is 6.02. The van der Waals surface area contributed by atoms with Crippen LogP contribution in [0, 0.1) is 11.3 Å². The van der Waals surface area contributed by atoms with Crippen LogP contribution in [0.25, 0.3) is 5.78 Å². The molecule has 0 bridgehead atoms. The average Bonchev–Trinajstić information content (AvgIpc) is 3.13. The Balaban J connectivity index is 1.39. The summed E-state index contributed by atoms with van der Waals surface area (Å²) in [5.74, 6) is 0.909. The number of carbonyl (C=O) groups is 1. The van der Waals surface area contributed by atoms with Crippen molar-refractivity contribution in [3.05, 3.63) is 48.2 Å². The highest BCUT2D eigenvalue weighted by molar-refractivity contribution is 5.91. The van der Waals surface area contributed by atoms with Gasteiger partial charge in [-0.25, -0.2) is 14.5 Å². The van der Waals surface area contributed by atoms with Gasteiger partial charge in [0.15, 0.2) is 0 Å². The van der Waals surface area contributed by atoms with Crippen molar-refractivity contribution in [2.24, 2.45) is 0 Å². The predicted octanol–water partition coefficient (Wildman–Crippen LogP) is 0.790. The van der Waals surface area contributed by atoms with E-state index in [1.54, 1.807) is 36.8 Å². The number of amides is 1. The molecule has 0 aliphatic carbocycles. The fourth-order valence-electron chi connectivity index (χ4n) is 3.05. The van der Waals surface area contributed by atoms with Crippen molar-refractivity contribution in [2.75, 3.05) is 18.0 Å². The van der Waals surface area contributed by atoms with Gasteiger partial charge in [-0.15, -0.1) is 5.10 Å². The van der Waals surface area contributed by atoms with Crippen molar-refractivity contribution >= 4 is 17.5 Å². The molecule has 4 rings (SSSR count). The molecule has 0 spiro atoms. The lowest BCUT2D eigenvalue weighted by Gasteiger charge is -2.33. The second-order valence-electron chi connectivity index (χ2n) is 6.02. The Hall–Kier alpha value is -3.54. The smallest absolute Gasteiger partial charge is 0.291 e. The maximum absolute atomic E-state index is 12.4. The van der Waals surface area contributed by atoms with Crippen LogP contribution in [0.1, 0.15) is 29.0 Å². The Bertz CT molecular complexity index is 951. The van der Waals surface area contributed by atoms with Crippen LogP contribution >= 0.6 is 0 Å². The van der Waals surface area contributed by atoms with Crippen molar-refractivity contribution in [1.29, 1.82) is 5.26 Å². The first kappa shape index (κ1) is 16.0. The third kappa shape index (κ3) is 3.04. The van der Waals surface area contributed by atoms with Crippen LogP contribution in [-0.4, -0.2) is 49.6 Å². The van der Waals surface area contributed by atoms with Gasteiger partial charge in [-0.1, -0.05) is 0 Å². The van der Waals surface area contributed by atoms with E-state index in [9.17, 15) is 10.1 Å². The van der Waals surface area contributed by atoms with Crippen LogP contribution in [0.5, 0.6) is 0 Å². The SMILES string of the molecule is N#Cc1cccnc1N1CCC(NC(=O)c2nc3ncccn3n2)CC1. The summed E-state index contributed by atoms with van der Waals surface area (Å²) in [6.45, 7) is 1.44. The number of nitriles is 1. The van der Waals surface area contributed by atoms with Crippen LogP contribution < -0.4 is 10.2 Å². The maximum atomic E-state index is 12.4. The van der Waals surface area contributed by atoms with E-state index >= 15 is 0 Å². The van der Waals surface area contributed by atoms with Gasteiger partial charge in [0, 0.05) is 37.7 Å². The molecule has 26 heavy (non-hydrogen) atoms. The lowest BCUT2D eigenvalue weighted by atomic mass is 10.0. The minimum absolute atomic E-state index is 0.0348. The number of rotatable bonds is 3. The Labute approximate surface area is 149 Å². The molecule has 1 aliphatic heterocycles. The number of hydrogen-bond acceptors (Lipinski definition) is 7. The van der Waals surface area contributed by atoms with E-state index in [-0.39, 0.29) is 17.8 Å². The topological polar surface area (TPSA) is 112 Å². The number of nitrogens with one attached hydrogen (secondary N) is 1. The second kappa shape index (κ2) is 6.76. The van der Waals surface area contributed by atoms with Crippen molar-refractivity contribution in [2.45, 2.75) is 18.9 Å². The Kier molecular flexibility index (Phi) is 4.15. The largest absolute Gasteiger partial charge is 0.355 e. The first-order valence-electron chi connectivity index (χ1n) is 8.33. The van der Waals surface area contributed by atoms with Gasteiger partial charge < -0.3 is 10.2 Å². The van der Waals surface area contributed by atoms with Crippen LogP contribution in [0.3, 0.4) is 0 Å². The van der Waals surface area contributed by atoms with Gasteiger partial charge in [0.05, 0.1) is 5.56 Å². The molecule has 3 aromatic rings. The van der Waals surface area contributed by atoms with Crippen molar-refractivity contribution in [3.8, 4) is 6.07 Å². The van der Waals surface area contributed by atoms with E-state index in [4.69, 9.17) is 0 Å². The van der Waals surface area contributed by atoms with E-state index in [0.717, 1.165) is 25.9 Å². The molecule has 9 nitrogen and oxygen atoms in total. The number of piperidine rings is 1. The van der Waals surface area contributed by atoms with Gasteiger partial charge in [-0.3, -0.25) is 4.79 Å². The Morgan fingerprint density at radius 3 is 2.81 bits per heavy atom. The summed E-state index contributed by atoms with van der Waals surface area (Å²) in [4.78, 5) is 27.0. The normalized spacial score (nSPS) is 15.0. The lowest BCUT2D eigenvalue weighted by molar-refractivity contribution is 0.0920. The quantitative estimate of drug-likeness (QED) is 0.744. The van der Waals surface area contributed by atoms with Gasteiger partial charge in [0.1, 0.15) is 11.9 Å². The van der Waals surface area contributed by atoms with E-state index < -0.39 is 0 Å². The lowest BCUT2D eigenvalue weighted by Crippen LogP contribution is -2.45. The number of nitrogens with zero attached hydrogens (tertiary/aromatic N) is 7. The molecular weight excluding hydrogens is 332 g/mol. The number of pyridine rings is 1. The molecular formula is C17H16N8O. The molecule has 4 heterocycles. The molecule has 0 saturated carbocycles. The molecule has 0 unspecified atom stereocenters. The molecule has 3 aromatic heterocycles. The van der Waals surface area contributed by atoms with Crippen molar-refractivity contribution < 1.29 is 4.79 Å². The zero-order valence-electron chi connectivity index (χ0n) is 13.9. The molecule has 0 aromatic carbocycles. The van der Waals surface area contributed by atoms with Crippen LogP contribution in [-0.2, 0) is 0 Å². The zero-order valence-corrected chi connectivity index (χ0v) is 13.9. The van der Waals surface area contributed by atoms with Crippen molar-refractivity contribution in [1.82, 2.24) is 29.9 Å². The summed E-state index contributed by atoms with van der Waals surface area (Å²) in [5, 5.41) is 16.3. The van der Waals surface area contributed by atoms with Crippen LogP contribution in [0.2, 0.25) is 0 Å². The van der Waals surface area contributed by atoms with Crippen molar-refractivity contribution in [3.63, 3.8) is 0 Å². The zero-order chi connectivity index (χ0) is 17.9. The number of hydrogen-bond donors (Lipinski definition) is 1. The Morgan fingerprint density at radius 2 is 2.04 bits per heavy atom. The molecule has 1 fully saturated rings. The summed E-state index contributed by atoms with van der Waals surface area (Å²) >= 11 is 0. The van der Waals surface area contributed by atoms with Crippen LogP contribution in [0.4, 0.5) is 5.82 Å². The molecule has 1 amide bonds. The first-order valence-corrected chi connectivity index (χ1v) is 8.33. The summed E-state index contributed by atoms with van der Waals surface area (Å²) < 4.78 is 1.47. The molecule has 130 valence electrons. The highest BCUT2D eigenvalue weighted by Gasteiger charge is 2.24. The summed E-state index contributed by atoms with van der Waals surface area (Å²) in [5.41, 5.74) is 0.566. The minimum Gasteiger partial charge on any atom is -0.355 e. The summed E-state index contributed by atoms with van der Waals surface area (Å²) in [6, 6.07) is 7.45. The third-order valence-electron chi connectivity index (χ3n) is 4.36. The van der Waals surface area contributed by atoms with Gasteiger partial charge in [0.2, 0.25) is 5.82 Å². The summed E-state index contributed by atoms with van der Waals surface area (Å²) in [7, 11) is 0. The number of anilines is 1. The molecule has 0 atom stereocenters. The average molecular weight is 348 g/mol. The van der Waals surface area contributed by atoms with E-state index in [2.05, 4.69) is 36.3 Å². The minimum atomic E-state index is -0.301. The standard InChI is InChI=1S/C17H16N8O/c18-11-12-3-1-6-19-15(12)24-9-4-13(5-10-24)21-16(26)14-22-17-20-7-2-8-25(17)23-14/h1-3,6-8,13H,4-5,9-10H2,(H,21,26). The third-order valence-corrected chi connectivity index (χ3v) is 4.36. The fraction of sp³-hybridized carbons (Fsp3) is 0.294. The maximum Gasteiger partial charge on any atom is 0.291 e. The number of fused-ring (bicyclic) bond motifs is 1. The fourth-order valence-corrected chi connectivity index (χ4v) is 3.05. The van der Waals surface area contributed by atoms with Gasteiger partial charge >= 0.3 is 0 Å². The van der Waals surface area contributed by atoms with E-state index in [1.165, 1.54) is 4.52 Å². The molecule has 1 saturated heterocycles. The van der Waals surface area contributed by atoms with E-state index in [1.807, 2.05) is 0 Å². The summed E-state index contributed by atoms with van der Waals surface area (Å²) in [6.07, 6.45) is 6.52. The highest BCUT2D eigenvalue weighted by atomic mass is 16.2. The highest BCUT2D eigenvalue weighted by Crippen LogP contribution is 2.21. The van der Waals surface area contributed by atoms with Crippen LogP contribution in [0.15, 0.2) is 36.8 Å². The number of aromatic nitrogens is 5. The molecule has 1 N–H and O–H groups in total. The number of carbonyl (C=O) groups excluding carboxylic acids is 1. The van der Waals surface area contributed by atoms with E-state index in [0.29, 0.717) is 17.2 Å². The Morgan fingerprint density at radius 1 is 1.23 bits per heavy atom. The van der Waals surface area contributed by atoms with Gasteiger partial charge in [0.25, 0.3) is 11.7 Å². The molecule has 9 heteroatoms. The monoisotopic (exact) mass is 348 g/mol. The molecule has 0 radical (unpaired) electrons. The van der Waals surface area contributed by atoms with Gasteiger partial charge in [-0.2, -0.15) is 10.2 Å². The first-order chi connectivity index (χ1) is 12.7.